The molecular weight excluding hydrogens is 363 g/mol. The number of hydrogen-bond acceptors (Lipinski definition) is 3. The van der Waals surface area contributed by atoms with Crippen LogP contribution in [0.3, 0.4) is 0 Å². The molecule has 0 saturated heterocycles. The number of nitrogens with zero attached hydrogens (tertiary/aromatic N) is 1. The van der Waals surface area contributed by atoms with Crippen molar-refractivity contribution in [3.63, 3.8) is 0 Å². The van der Waals surface area contributed by atoms with Crippen molar-refractivity contribution in [3.05, 3.63) is 49.9 Å². The quantitative estimate of drug-likeness (QED) is 0.809. The van der Waals surface area contributed by atoms with E-state index in [1.165, 1.54) is 14.0 Å². The van der Waals surface area contributed by atoms with Crippen LogP contribution in [0, 0.1) is 6.92 Å². The van der Waals surface area contributed by atoms with Crippen LogP contribution in [-0.4, -0.2) is 21.5 Å². The van der Waals surface area contributed by atoms with Gasteiger partial charge in [0.2, 0.25) is 11.7 Å². The van der Waals surface area contributed by atoms with Crippen LogP contribution in [-0.2, 0) is 18.0 Å². The summed E-state index contributed by atoms with van der Waals surface area (Å²) in [5.41, 5.74) is -2.87. The summed E-state index contributed by atoms with van der Waals surface area (Å²) in [6.07, 6.45) is -4.79. The first kappa shape index (κ1) is 18.8. The fourth-order valence-corrected chi connectivity index (χ4v) is 2.67. The summed E-state index contributed by atoms with van der Waals surface area (Å²) < 4.78 is 40.4. The first-order valence-electron chi connectivity index (χ1n) is 6.92. The van der Waals surface area contributed by atoms with E-state index in [0.717, 1.165) is 17.7 Å². The molecule has 0 radical (unpaired) electrons. The molecule has 25 heavy (non-hydrogen) atoms. The maximum absolute atomic E-state index is 13.1. The molecule has 0 saturated carbocycles. The number of rotatable bonds is 3. The molecular formula is C15H13ClF3N3O3. The van der Waals surface area contributed by atoms with Crippen molar-refractivity contribution in [3.8, 4) is 0 Å². The SMILES string of the molecule is CC(=O)Nc1c(C(F)(F)F)ccc(C(=O)c2c(C)[nH]n(C)c2=O)c1Cl. The number of ketones is 1. The highest BCUT2D eigenvalue weighted by atomic mass is 35.5. The van der Waals surface area contributed by atoms with Crippen molar-refractivity contribution < 1.29 is 22.8 Å². The fourth-order valence-electron chi connectivity index (χ4n) is 2.37. The Labute approximate surface area is 144 Å². The zero-order valence-corrected chi connectivity index (χ0v) is 14.1. The van der Waals surface area contributed by atoms with E-state index >= 15 is 0 Å². The van der Waals surface area contributed by atoms with E-state index < -0.39 is 39.7 Å². The summed E-state index contributed by atoms with van der Waals surface area (Å²) in [7, 11) is 1.39. The number of aromatic nitrogens is 2. The van der Waals surface area contributed by atoms with Crippen LogP contribution in [0.1, 0.15) is 34.1 Å². The van der Waals surface area contributed by atoms with Crippen LogP contribution >= 0.6 is 11.6 Å². The average Bonchev–Trinajstić information content (AvgIpc) is 2.72. The number of nitrogens with one attached hydrogen (secondary N) is 2. The second-order valence-electron chi connectivity index (χ2n) is 5.33. The molecule has 0 bridgehead atoms. The molecule has 2 aromatic rings. The molecule has 2 rings (SSSR count). The molecule has 0 unspecified atom stereocenters. The number of carbonyl (C=O) groups is 2. The zero-order valence-electron chi connectivity index (χ0n) is 13.3. The molecule has 2 N–H and O–H groups in total. The van der Waals surface area contributed by atoms with Gasteiger partial charge in [-0.25, -0.2) is 0 Å². The van der Waals surface area contributed by atoms with Crippen molar-refractivity contribution >= 4 is 29.0 Å². The smallest absolute Gasteiger partial charge is 0.324 e. The first-order chi connectivity index (χ1) is 11.4. The lowest BCUT2D eigenvalue weighted by atomic mass is 10.0. The molecule has 0 fully saturated rings. The first-order valence-corrected chi connectivity index (χ1v) is 7.30. The van der Waals surface area contributed by atoms with Crippen LogP contribution in [0.15, 0.2) is 16.9 Å². The van der Waals surface area contributed by atoms with Gasteiger partial charge in [-0.1, -0.05) is 11.6 Å². The number of hydrogen-bond donors (Lipinski definition) is 2. The number of amides is 1. The third kappa shape index (κ3) is 3.46. The normalized spacial score (nSPS) is 11.5. The van der Waals surface area contributed by atoms with Crippen molar-refractivity contribution in [1.82, 2.24) is 9.78 Å². The Morgan fingerprint density at radius 2 is 1.88 bits per heavy atom. The van der Waals surface area contributed by atoms with Crippen molar-refractivity contribution in [2.75, 3.05) is 5.32 Å². The minimum absolute atomic E-state index is 0.238. The van der Waals surface area contributed by atoms with E-state index in [-0.39, 0.29) is 16.8 Å². The molecule has 134 valence electrons. The van der Waals surface area contributed by atoms with Gasteiger partial charge in [-0.15, -0.1) is 0 Å². The molecule has 0 aliphatic heterocycles. The molecule has 6 nitrogen and oxygen atoms in total. The second-order valence-corrected chi connectivity index (χ2v) is 5.71. The summed E-state index contributed by atoms with van der Waals surface area (Å²) in [4.78, 5) is 35.9. The van der Waals surface area contributed by atoms with Gasteiger partial charge in [-0.3, -0.25) is 24.2 Å². The van der Waals surface area contributed by atoms with Crippen LogP contribution < -0.4 is 10.9 Å². The summed E-state index contributed by atoms with van der Waals surface area (Å²) in [5, 5.41) is 4.03. The molecule has 1 heterocycles. The van der Waals surface area contributed by atoms with Gasteiger partial charge in [0, 0.05) is 25.2 Å². The van der Waals surface area contributed by atoms with Crippen molar-refractivity contribution in [1.29, 1.82) is 0 Å². The van der Waals surface area contributed by atoms with Crippen LogP contribution in [0.2, 0.25) is 5.02 Å². The summed E-state index contributed by atoms with van der Waals surface area (Å²) in [6, 6.07) is 1.52. The Morgan fingerprint density at radius 1 is 1.28 bits per heavy atom. The summed E-state index contributed by atoms with van der Waals surface area (Å²) in [5.74, 6) is -1.63. The number of halogens is 4. The van der Waals surface area contributed by atoms with E-state index in [9.17, 15) is 27.6 Å². The third-order valence-corrected chi connectivity index (χ3v) is 3.84. The molecule has 0 aliphatic carbocycles. The Kier molecular flexibility index (Phi) is 4.81. The van der Waals surface area contributed by atoms with Crippen LogP contribution in [0.4, 0.5) is 18.9 Å². The predicted molar refractivity (Wildman–Crippen MR) is 85.0 cm³/mol. The third-order valence-electron chi connectivity index (χ3n) is 3.45. The Hall–Kier alpha value is -2.55. The molecule has 0 atom stereocenters. The predicted octanol–water partition coefficient (Wildman–Crippen LogP) is 2.88. The summed E-state index contributed by atoms with van der Waals surface area (Å²) >= 11 is 5.97. The molecule has 1 aromatic heterocycles. The Morgan fingerprint density at radius 3 is 2.32 bits per heavy atom. The summed E-state index contributed by atoms with van der Waals surface area (Å²) in [6.45, 7) is 2.48. The van der Waals surface area contributed by atoms with Gasteiger partial charge in [-0.2, -0.15) is 13.2 Å². The monoisotopic (exact) mass is 375 g/mol. The van der Waals surface area contributed by atoms with Gasteiger partial charge < -0.3 is 5.32 Å². The van der Waals surface area contributed by atoms with E-state index in [1.54, 1.807) is 0 Å². The van der Waals surface area contributed by atoms with Crippen LogP contribution in [0.5, 0.6) is 0 Å². The maximum Gasteiger partial charge on any atom is 0.418 e. The molecule has 0 aliphatic rings. The zero-order chi connectivity index (χ0) is 19.1. The minimum Gasteiger partial charge on any atom is -0.324 e. The number of alkyl halides is 3. The molecule has 1 amide bonds. The minimum atomic E-state index is -4.79. The molecule has 0 spiro atoms. The highest BCUT2D eigenvalue weighted by Gasteiger charge is 2.36. The highest BCUT2D eigenvalue weighted by Crippen LogP contribution is 2.40. The van der Waals surface area contributed by atoms with Crippen molar-refractivity contribution in [2.45, 2.75) is 20.0 Å². The molecule has 10 heteroatoms. The number of aromatic amines is 1. The largest absolute Gasteiger partial charge is 0.418 e. The van der Waals surface area contributed by atoms with E-state index in [4.69, 9.17) is 11.6 Å². The van der Waals surface area contributed by atoms with E-state index in [0.29, 0.717) is 6.07 Å². The Balaban J connectivity index is 2.69. The number of anilines is 1. The second kappa shape index (κ2) is 6.40. The number of H-pyrrole nitrogens is 1. The standard InChI is InChI=1S/C15H13ClF3N3O3/c1-6-10(14(25)22(3)21-6)13(24)8-4-5-9(15(17,18)19)12(11(8)16)20-7(2)23/h4-5,21H,1-3H3,(H,20,23). The number of benzene rings is 1. The lowest BCUT2D eigenvalue weighted by Crippen LogP contribution is -2.21. The highest BCUT2D eigenvalue weighted by molar-refractivity contribution is 6.38. The van der Waals surface area contributed by atoms with E-state index in [1.807, 2.05) is 5.32 Å². The lowest BCUT2D eigenvalue weighted by Gasteiger charge is -2.16. The molecule has 1 aromatic carbocycles. The van der Waals surface area contributed by atoms with Gasteiger partial charge >= 0.3 is 6.18 Å². The van der Waals surface area contributed by atoms with Gasteiger partial charge in [0.05, 0.1) is 16.3 Å². The lowest BCUT2D eigenvalue weighted by molar-refractivity contribution is -0.137. The van der Waals surface area contributed by atoms with Gasteiger partial charge in [-0.05, 0) is 19.1 Å². The maximum atomic E-state index is 13.1. The number of carbonyl (C=O) groups excluding carboxylic acids is 2. The van der Waals surface area contributed by atoms with Crippen molar-refractivity contribution in [2.24, 2.45) is 7.05 Å². The Bertz CT molecular complexity index is 929. The average molecular weight is 376 g/mol. The fraction of sp³-hybridized carbons (Fsp3) is 0.267. The van der Waals surface area contributed by atoms with E-state index in [2.05, 4.69) is 5.10 Å². The topological polar surface area (TPSA) is 84.0 Å². The number of aryl methyl sites for hydroxylation is 2. The van der Waals surface area contributed by atoms with Gasteiger partial charge in [0.1, 0.15) is 5.56 Å². The van der Waals surface area contributed by atoms with Gasteiger partial charge in [0.15, 0.2) is 0 Å². The van der Waals surface area contributed by atoms with Gasteiger partial charge in [0.25, 0.3) is 5.56 Å². The van der Waals surface area contributed by atoms with Crippen LogP contribution in [0.25, 0.3) is 0 Å².